The quantitative estimate of drug-likeness (QED) is 0.423. The largest absolute Gasteiger partial charge is 0.351 e. The van der Waals surface area contributed by atoms with Crippen molar-refractivity contribution in [2.75, 3.05) is 18.8 Å². The zero-order valence-corrected chi connectivity index (χ0v) is 16.5. The van der Waals surface area contributed by atoms with Crippen molar-refractivity contribution in [3.63, 3.8) is 0 Å². The number of carbonyl (C=O) groups excluding carboxylic acids is 1. The van der Waals surface area contributed by atoms with E-state index in [2.05, 4.69) is 5.32 Å². The van der Waals surface area contributed by atoms with Crippen molar-refractivity contribution in [1.82, 2.24) is 9.62 Å². The fourth-order valence-corrected chi connectivity index (χ4v) is 4.40. The fraction of sp³-hybridized carbons (Fsp3) is 0.250. The highest BCUT2D eigenvalue weighted by molar-refractivity contribution is 7.89. The van der Waals surface area contributed by atoms with Gasteiger partial charge >= 0.3 is 0 Å². The third-order valence-electron chi connectivity index (χ3n) is 4.68. The molecule has 0 saturated carbocycles. The van der Waals surface area contributed by atoms with Crippen molar-refractivity contribution in [2.45, 2.75) is 13.0 Å². The minimum Gasteiger partial charge on any atom is -0.351 e. The van der Waals surface area contributed by atoms with Gasteiger partial charge in [0.1, 0.15) is 0 Å². The van der Waals surface area contributed by atoms with E-state index in [0.717, 1.165) is 5.56 Å². The van der Waals surface area contributed by atoms with E-state index in [1.165, 1.54) is 46.3 Å². The second kappa shape index (κ2) is 8.97. The van der Waals surface area contributed by atoms with Crippen LogP contribution >= 0.6 is 0 Å². The smallest absolute Gasteiger partial charge is 0.269 e. The summed E-state index contributed by atoms with van der Waals surface area (Å²) in [5.41, 5.74) is 2.78. The van der Waals surface area contributed by atoms with Crippen LogP contribution in [-0.2, 0) is 27.8 Å². The lowest BCUT2D eigenvalue weighted by atomic mass is 10.0. The van der Waals surface area contributed by atoms with Gasteiger partial charge < -0.3 is 5.32 Å². The number of fused-ring (bicyclic) bond motifs is 1. The molecule has 0 aromatic heterocycles. The van der Waals surface area contributed by atoms with Gasteiger partial charge in [-0.2, -0.15) is 4.31 Å². The highest BCUT2D eigenvalue weighted by atomic mass is 32.2. The van der Waals surface area contributed by atoms with Gasteiger partial charge in [0.15, 0.2) is 0 Å². The average Bonchev–Trinajstić information content (AvgIpc) is 2.72. The molecule has 8 nitrogen and oxygen atoms in total. The van der Waals surface area contributed by atoms with Crippen molar-refractivity contribution in [3.05, 3.63) is 81.4 Å². The van der Waals surface area contributed by atoms with Gasteiger partial charge in [-0.25, -0.2) is 8.42 Å². The lowest BCUT2D eigenvalue weighted by Crippen LogP contribution is -2.40. The molecule has 2 aromatic carbocycles. The molecule has 3 rings (SSSR count). The zero-order chi connectivity index (χ0) is 20.9. The summed E-state index contributed by atoms with van der Waals surface area (Å²) in [6, 6.07) is 13.5. The molecule has 0 radical (unpaired) electrons. The number of nitrogens with zero attached hydrogens (tertiary/aromatic N) is 2. The Labute approximate surface area is 169 Å². The van der Waals surface area contributed by atoms with Crippen LogP contribution in [0.5, 0.6) is 0 Å². The van der Waals surface area contributed by atoms with Crippen LogP contribution in [0.15, 0.2) is 54.6 Å². The lowest BCUT2D eigenvalue weighted by molar-refractivity contribution is -0.384. The summed E-state index contributed by atoms with van der Waals surface area (Å²) in [6.07, 6.45) is 3.46. The maximum absolute atomic E-state index is 12.5. The molecule has 1 amide bonds. The molecule has 0 unspecified atom stereocenters. The molecule has 152 valence electrons. The Bertz CT molecular complexity index is 1030. The van der Waals surface area contributed by atoms with Crippen LogP contribution in [-0.4, -0.2) is 42.4 Å². The molecule has 0 saturated heterocycles. The maximum Gasteiger partial charge on any atom is 0.269 e. The minimum atomic E-state index is -3.47. The maximum atomic E-state index is 12.5. The molecule has 9 heteroatoms. The van der Waals surface area contributed by atoms with Gasteiger partial charge in [-0.15, -0.1) is 0 Å². The number of benzene rings is 2. The third-order valence-corrected chi connectivity index (χ3v) is 6.50. The van der Waals surface area contributed by atoms with Crippen LogP contribution in [0, 0.1) is 10.1 Å². The Hall–Kier alpha value is -3.04. The summed E-state index contributed by atoms with van der Waals surface area (Å²) in [5.74, 6) is -0.603. The predicted molar refractivity (Wildman–Crippen MR) is 109 cm³/mol. The van der Waals surface area contributed by atoms with E-state index in [9.17, 15) is 23.3 Å². The zero-order valence-electron chi connectivity index (χ0n) is 15.7. The molecule has 0 aliphatic carbocycles. The van der Waals surface area contributed by atoms with E-state index in [1.54, 1.807) is 0 Å². The first-order valence-electron chi connectivity index (χ1n) is 9.10. The molecule has 1 aliphatic rings. The number of rotatable bonds is 7. The summed E-state index contributed by atoms with van der Waals surface area (Å²) in [4.78, 5) is 22.0. The van der Waals surface area contributed by atoms with Gasteiger partial charge in [0.05, 0.1) is 10.7 Å². The molecule has 1 aliphatic heterocycles. The predicted octanol–water partition coefficient (Wildman–Crippen LogP) is 2.11. The fourth-order valence-electron chi connectivity index (χ4n) is 3.08. The highest BCUT2D eigenvalue weighted by Crippen LogP contribution is 2.20. The Kier molecular flexibility index (Phi) is 6.40. The number of carbonyl (C=O) groups is 1. The van der Waals surface area contributed by atoms with Gasteiger partial charge in [0, 0.05) is 37.8 Å². The van der Waals surface area contributed by atoms with Crippen molar-refractivity contribution < 1.29 is 18.1 Å². The van der Waals surface area contributed by atoms with Crippen LogP contribution in [0.25, 0.3) is 6.08 Å². The summed E-state index contributed by atoms with van der Waals surface area (Å²) in [6.45, 7) is 0.795. The van der Waals surface area contributed by atoms with E-state index < -0.39 is 20.9 Å². The average molecular weight is 415 g/mol. The van der Waals surface area contributed by atoms with Crippen molar-refractivity contribution in [3.8, 4) is 0 Å². The molecule has 1 heterocycles. The Morgan fingerprint density at radius 3 is 2.52 bits per heavy atom. The number of hydrogen-bond acceptors (Lipinski definition) is 5. The lowest BCUT2D eigenvalue weighted by Gasteiger charge is -2.28. The number of hydrogen-bond donors (Lipinski definition) is 1. The topological polar surface area (TPSA) is 110 Å². The van der Waals surface area contributed by atoms with Crippen molar-refractivity contribution in [2.24, 2.45) is 0 Å². The number of sulfonamides is 1. The number of non-ortho nitro benzene ring substituents is 1. The van der Waals surface area contributed by atoms with Gasteiger partial charge in [-0.3, -0.25) is 14.9 Å². The molecular weight excluding hydrogens is 394 g/mol. The second-order valence-corrected chi connectivity index (χ2v) is 8.73. The summed E-state index contributed by atoms with van der Waals surface area (Å²) < 4.78 is 26.5. The Morgan fingerprint density at radius 2 is 1.83 bits per heavy atom. The van der Waals surface area contributed by atoms with E-state index in [-0.39, 0.29) is 18.0 Å². The molecule has 29 heavy (non-hydrogen) atoms. The van der Waals surface area contributed by atoms with Crippen molar-refractivity contribution >= 4 is 27.7 Å². The summed E-state index contributed by atoms with van der Waals surface area (Å²) in [7, 11) is -3.47. The minimum absolute atomic E-state index is 0.00388. The number of nitro benzene ring substituents is 1. The normalized spacial score (nSPS) is 14.5. The van der Waals surface area contributed by atoms with E-state index >= 15 is 0 Å². The number of nitrogens with one attached hydrogen (secondary N) is 1. The van der Waals surface area contributed by atoms with Crippen molar-refractivity contribution in [1.29, 1.82) is 0 Å². The van der Waals surface area contributed by atoms with Gasteiger partial charge in [0.25, 0.3) is 5.69 Å². The van der Waals surface area contributed by atoms with E-state index in [0.29, 0.717) is 25.1 Å². The molecular formula is C20H21N3O5S. The molecule has 1 N–H and O–H groups in total. The SMILES string of the molecule is O=C(/C=C/c1ccc([N+](=O)[O-])cc1)NCCS(=O)(=O)N1CCc2ccccc2C1. The van der Waals surface area contributed by atoms with Crippen LogP contribution in [0.1, 0.15) is 16.7 Å². The molecule has 0 spiro atoms. The Balaban J connectivity index is 1.48. The van der Waals surface area contributed by atoms with Gasteiger partial charge in [0.2, 0.25) is 15.9 Å². The first-order valence-corrected chi connectivity index (χ1v) is 10.7. The molecule has 0 bridgehead atoms. The standard InChI is InChI=1S/C20H21N3O5S/c24-20(10-7-16-5-8-19(9-6-16)23(25)26)21-12-14-29(27,28)22-13-11-17-3-1-2-4-18(17)15-22/h1-10H,11-15H2,(H,21,24)/b10-7+. The van der Waals surface area contributed by atoms with E-state index in [4.69, 9.17) is 0 Å². The number of amides is 1. The number of nitro groups is 1. The molecule has 0 fully saturated rings. The van der Waals surface area contributed by atoms with Gasteiger partial charge in [-0.1, -0.05) is 24.3 Å². The summed E-state index contributed by atoms with van der Waals surface area (Å²) in [5, 5.41) is 13.2. The first-order chi connectivity index (χ1) is 13.8. The van der Waals surface area contributed by atoms with Gasteiger partial charge in [-0.05, 0) is 41.3 Å². The van der Waals surface area contributed by atoms with Crippen LogP contribution in [0.4, 0.5) is 5.69 Å². The summed E-state index contributed by atoms with van der Waals surface area (Å²) >= 11 is 0. The van der Waals surface area contributed by atoms with E-state index in [1.807, 2.05) is 24.3 Å². The third kappa shape index (κ3) is 5.49. The second-order valence-electron chi connectivity index (χ2n) is 6.64. The molecule has 2 aromatic rings. The highest BCUT2D eigenvalue weighted by Gasteiger charge is 2.26. The Morgan fingerprint density at radius 1 is 1.14 bits per heavy atom. The van der Waals surface area contributed by atoms with Crippen LogP contribution < -0.4 is 5.32 Å². The monoisotopic (exact) mass is 415 g/mol. The van der Waals surface area contributed by atoms with Crippen LogP contribution in [0.2, 0.25) is 0 Å². The first kappa shape index (κ1) is 20.7. The molecule has 0 atom stereocenters. The van der Waals surface area contributed by atoms with Crippen LogP contribution in [0.3, 0.4) is 0 Å².